The highest BCUT2D eigenvalue weighted by atomic mass is 31.0. The Morgan fingerprint density at radius 1 is 1.83 bits per heavy atom. The van der Waals surface area contributed by atoms with Crippen molar-refractivity contribution in [3.05, 3.63) is 11.6 Å². The smallest absolute Gasteiger partial charge is 0.307 e. The van der Waals surface area contributed by atoms with Crippen LogP contribution in [-0.4, -0.2) is 23.0 Å². The molecule has 4 nitrogen and oxygen atoms in total. The molecule has 0 bridgehead atoms. The Balaban J connectivity index is 2.63. The number of aliphatic carboxylic acids is 1. The van der Waals surface area contributed by atoms with Crippen molar-refractivity contribution in [3.63, 3.8) is 0 Å². The molecule has 5 heteroatoms. The van der Waals surface area contributed by atoms with Gasteiger partial charge in [-0.15, -0.1) is 0 Å². The van der Waals surface area contributed by atoms with E-state index in [1.165, 1.54) is 0 Å². The summed E-state index contributed by atoms with van der Waals surface area (Å²) in [7, 11) is 2.06. The Morgan fingerprint density at radius 3 is 2.92 bits per heavy atom. The second kappa shape index (κ2) is 3.78. The molecule has 1 rings (SSSR count). The Morgan fingerprint density at radius 2 is 2.50 bits per heavy atom. The number of Topliss-reactive ketones (excluding diaryl/α,β-unsaturated/α-hetero) is 1. The molecule has 12 heavy (non-hydrogen) atoms. The van der Waals surface area contributed by atoms with Gasteiger partial charge in [0.2, 0.25) is 0 Å². The van der Waals surface area contributed by atoms with Crippen molar-refractivity contribution in [3.8, 4) is 0 Å². The zero-order valence-corrected chi connectivity index (χ0v) is 7.47. The number of carbonyl (C=O) groups is 2. The van der Waals surface area contributed by atoms with Gasteiger partial charge < -0.3 is 9.63 Å². The number of hydrogen-bond acceptors (Lipinski definition) is 3. The molecule has 0 spiro atoms. The predicted molar refractivity (Wildman–Crippen MR) is 44.5 cm³/mol. The second-order valence-electron chi connectivity index (χ2n) is 2.56. The average molecular weight is 188 g/mol. The van der Waals surface area contributed by atoms with Gasteiger partial charge in [0.15, 0.2) is 5.78 Å². The van der Waals surface area contributed by atoms with E-state index >= 15 is 0 Å². The van der Waals surface area contributed by atoms with Gasteiger partial charge in [-0.05, 0) is 6.08 Å². The third kappa shape index (κ3) is 2.13. The van der Waals surface area contributed by atoms with Crippen LogP contribution in [0.3, 0.4) is 0 Å². The van der Waals surface area contributed by atoms with Crippen LogP contribution in [0.1, 0.15) is 12.8 Å². The lowest BCUT2D eigenvalue weighted by Gasteiger charge is -1.99. The molecular weight excluding hydrogens is 179 g/mol. The monoisotopic (exact) mass is 188 g/mol. The number of rotatable bonds is 3. The van der Waals surface area contributed by atoms with E-state index in [1.807, 2.05) is 0 Å². The van der Waals surface area contributed by atoms with Gasteiger partial charge in [-0.25, -0.2) is 0 Å². The molecule has 0 radical (unpaired) electrons. The quantitative estimate of drug-likeness (QED) is 0.656. The van der Waals surface area contributed by atoms with Gasteiger partial charge in [0, 0.05) is 21.5 Å². The molecule has 0 aromatic rings. The Hall–Kier alpha value is -0.730. The van der Waals surface area contributed by atoms with Crippen molar-refractivity contribution < 1.29 is 19.2 Å². The van der Waals surface area contributed by atoms with Crippen molar-refractivity contribution in [2.45, 2.75) is 18.9 Å². The first kappa shape index (κ1) is 9.36. The normalized spacial score (nSPS) is 22.6. The van der Waals surface area contributed by atoms with Gasteiger partial charge in [-0.2, -0.15) is 0 Å². The highest BCUT2D eigenvalue weighted by Crippen LogP contribution is 2.21. The molecule has 0 aromatic carbocycles. The number of carboxylic acids is 1. The van der Waals surface area contributed by atoms with Gasteiger partial charge in [0.05, 0.1) is 12.5 Å². The van der Waals surface area contributed by atoms with E-state index in [0.29, 0.717) is 5.57 Å². The second-order valence-corrected chi connectivity index (χ2v) is 2.84. The lowest BCUT2D eigenvalue weighted by atomic mass is 10.1. The summed E-state index contributed by atoms with van der Waals surface area (Å²) >= 11 is 0. The number of ketones is 1. The highest BCUT2D eigenvalue weighted by molar-refractivity contribution is 7.09. The molecule has 0 aromatic heterocycles. The van der Waals surface area contributed by atoms with Crippen molar-refractivity contribution in [2.75, 3.05) is 0 Å². The molecule has 2 atom stereocenters. The van der Waals surface area contributed by atoms with Crippen LogP contribution in [0.25, 0.3) is 0 Å². The van der Waals surface area contributed by atoms with Gasteiger partial charge in [-0.1, -0.05) is 0 Å². The molecule has 0 saturated carbocycles. The van der Waals surface area contributed by atoms with Crippen LogP contribution >= 0.6 is 9.47 Å². The maximum atomic E-state index is 11.1. The minimum Gasteiger partial charge on any atom is -0.481 e. The van der Waals surface area contributed by atoms with Crippen molar-refractivity contribution >= 4 is 21.2 Å². The number of carboxylic acid groups (broad SMARTS) is 1. The van der Waals surface area contributed by atoms with E-state index in [9.17, 15) is 9.59 Å². The van der Waals surface area contributed by atoms with Gasteiger partial charge in [0.1, 0.15) is 0 Å². The topological polar surface area (TPSA) is 63.6 Å². The third-order valence-electron chi connectivity index (χ3n) is 1.65. The molecule has 1 aliphatic carbocycles. The summed E-state index contributed by atoms with van der Waals surface area (Å²) < 4.78 is 4.82. The molecule has 0 heterocycles. The van der Waals surface area contributed by atoms with Crippen LogP contribution in [0.15, 0.2) is 11.6 Å². The zero-order chi connectivity index (χ0) is 9.14. The minimum atomic E-state index is -0.987. The largest absolute Gasteiger partial charge is 0.481 e. The van der Waals surface area contributed by atoms with Crippen LogP contribution in [0, 0.1) is 0 Å². The summed E-state index contributed by atoms with van der Waals surface area (Å²) in [6, 6.07) is 0. The van der Waals surface area contributed by atoms with Crippen molar-refractivity contribution in [2.24, 2.45) is 0 Å². The lowest BCUT2D eigenvalue weighted by molar-refractivity contribution is -0.136. The molecule has 0 amide bonds. The summed E-state index contributed by atoms with van der Waals surface area (Å²) in [6.45, 7) is 0. The summed E-state index contributed by atoms with van der Waals surface area (Å²) in [6.07, 6.45) is 1.34. The van der Waals surface area contributed by atoms with Crippen molar-refractivity contribution in [1.82, 2.24) is 0 Å². The van der Waals surface area contributed by atoms with E-state index in [4.69, 9.17) is 9.63 Å². The van der Waals surface area contributed by atoms with E-state index in [-0.39, 0.29) is 24.7 Å². The van der Waals surface area contributed by atoms with E-state index in [0.717, 1.165) is 0 Å². The summed E-state index contributed by atoms with van der Waals surface area (Å²) in [5.41, 5.74) is 0.343. The first-order valence-electron chi connectivity index (χ1n) is 3.44. The van der Waals surface area contributed by atoms with Crippen molar-refractivity contribution in [1.29, 1.82) is 0 Å². The molecular formula is C7H9O4P. The standard InChI is InChI=1S/C7H9O4P/c8-6-3-5(11-12)1-4(6)2-7(9)10/h1,5H,2-3,12H2,(H,9,10). The first-order valence-corrected chi connectivity index (χ1v) is 3.92. The molecule has 1 N–H and O–H groups in total. The highest BCUT2D eigenvalue weighted by Gasteiger charge is 2.24. The average Bonchev–Trinajstić information content (AvgIpc) is 2.31. The SMILES string of the molecule is O=C(O)CC1=CC(OP)CC1=O. The summed E-state index contributed by atoms with van der Waals surface area (Å²) in [5.74, 6) is -1.12. The zero-order valence-electron chi connectivity index (χ0n) is 6.32. The molecule has 1 aliphatic rings. The predicted octanol–water partition coefficient (Wildman–Crippen LogP) is 0.536. The maximum Gasteiger partial charge on any atom is 0.307 e. The Kier molecular flexibility index (Phi) is 2.95. The third-order valence-corrected chi connectivity index (χ3v) is 2.00. The minimum absolute atomic E-state index is 0.134. The van der Waals surface area contributed by atoms with Crippen LogP contribution in [0.5, 0.6) is 0 Å². The number of carbonyl (C=O) groups excluding carboxylic acids is 1. The molecule has 0 aliphatic heterocycles. The van der Waals surface area contributed by atoms with E-state index < -0.39 is 5.97 Å². The molecule has 0 fully saturated rings. The molecule has 0 saturated heterocycles. The van der Waals surface area contributed by atoms with E-state index in [2.05, 4.69) is 9.47 Å². The molecule has 2 unspecified atom stereocenters. The van der Waals surface area contributed by atoms with Crippen LogP contribution in [-0.2, 0) is 14.1 Å². The fraction of sp³-hybridized carbons (Fsp3) is 0.429. The fourth-order valence-corrected chi connectivity index (χ4v) is 1.27. The van der Waals surface area contributed by atoms with Crippen LogP contribution in [0.4, 0.5) is 0 Å². The van der Waals surface area contributed by atoms with Crippen LogP contribution in [0.2, 0.25) is 0 Å². The lowest BCUT2D eigenvalue weighted by Crippen LogP contribution is -2.04. The maximum absolute atomic E-state index is 11.1. The Labute approximate surface area is 71.9 Å². The Bertz CT molecular complexity index is 246. The first-order chi connectivity index (χ1) is 5.63. The van der Waals surface area contributed by atoms with Gasteiger partial charge in [-0.3, -0.25) is 9.59 Å². The fourth-order valence-electron chi connectivity index (χ4n) is 1.10. The van der Waals surface area contributed by atoms with Gasteiger partial charge >= 0.3 is 5.97 Å². The molecule has 66 valence electrons. The van der Waals surface area contributed by atoms with Crippen LogP contribution < -0.4 is 0 Å². The summed E-state index contributed by atoms with van der Waals surface area (Å²) in [4.78, 5) is 21.3. The number of hydrogen-bond donors (Lipinski definition) is 1. The van der Waals surface area contributed by atoms with E-state index in [1.54, 1.807) is 6.08 Å². The van der Waals surface area contributed by atoms with Gasteiger partial charge in [0.25, 0.3) is 0 Å². The summed E-state index contributed by atoms with van der Waals surface area (Å²) in [5, 5.41) is 8.41.